The fourth-order valence-corrected chi connectivity index (χ4v) is 2.45. The molecular weight excluding hydrogens is 294 g/mol. The Balaban J connectivity index is 1.92. The summed E-state index contributed by atoms with van der Waals surface area (Å²) in [5, 5.41) is 6.06. The average Bonchev–Trinajstić information content (AvgIpc) is 3.08. The number of ether oxygens (including phenoxy) is 2. The SMILES string of the molecule is COCCN(CCOC)CC(=O)N1CCC(c2ccccc2)=N1. The van der Waals surface area contributed by atoms with E-state index >= 15 is 0 Å². The first-order chi connectivity index (χ1) is 11.2. The van der Waals surface area contributed by atoms with Gasteiger partial charge in [-0.15, -0.1) is 0 Å². The summed E-state index contributed by atoms with van der Waals surface area (Å²) in [5.41, 5.74) is 2.05. The van der Waals surface area contributed by atoms with Crippen LogP contribution in [0.5, 0.6) is 0 Å². The Hall–Kier alpha value is -1.76. The number of benzene rings is 1. The fraction of sp³-hybridized carbons (Fsp3) is 0.529. The van der Waals surface area contributed by atoms with Crippen LogP contribution in [0.2, 0.25) is 0 Å². The van der Waals surface area contributed by atoms with E-state index in [0.29, 0.717) is 39.4 Å². The lowest BCUT2D eigenvalue weighted by molar-refractivity contribution is -0.132. The van der Waals surface area contributed by atoms with Crippen molar-refractivity contribution in [3.05, 3.63) is 35.9 Å². The second-order valence-electron chi connectivity index (χ2n) is 5.44. The van der Waals surface area contributed by atoms with Crippen LogP contribution in [-0.4, -0.2) is 75.1 Å². The Morgan fingerprint density at radius 2 is 1.83 bits per heavy atom. The van der Waals surface area contributed by atoms with Crippen LogP contribution in [0.4, 0.5) is 0 Å². The highest BCUT2D eigenvalue weighted by molar-refractivity contribution is 6.02. The summed E-state index contributed by atoms with van der Waals surface area (Å²) < 4.78 is 10.2. The topological polar surface area (TPSA) is 54.4 Å². The van der Waals surface area contributed by atoms with Crippen LogP contribution in [0.15, 0.2) is 35.4 Å². The molecule has 1 aliphatic rings. The van der Waals surface area contributed by atoms with Crippen molar-refractivity contribution in [1.82, 2.24) is 9.91 Å². The summed E-state index contributed by atoms with van der Waals surface area (Å²) in [4.78, 5) is 14.5. The molecule has 1 amide bonds. The lowest BCUT2D eigenvalue weighted by Crippen LogP contribution is -2.40. The minimum atomic E-state index is 0.0168. The largest absolute Gasteiger partial charge is 0.383 e. The quantitative estimate of drug-likeness (QED) is 0.687. The first-order valence-electron chi connectivity index (χ1n) is 7.88. The standard InChI is InChI=1S/C17H25N3O3/c1-22-12-10-19(11-13-23-2)14-17(21)20-9-8-16(18-20)15-6-4-3-5-7-15/h3-7H,8-14H2,1-2H3. The summed E-state index contributed by atoms with van der Waals surface area (Å²) in [5.74, 6) is 0.0168. The maximum atomic E-state index is 12.5. The lowest BCUT2D eigenvalue weighted by Gasteiger charge is -2.22. The van der Waals surface area contributed by atoms with Gasteiger partial charge in [-0.25, -0.2) is 5.01 Å². The van der Waals surface area contributed by atoms with Crippen molar-refractivity contribution >= 4 is 11.6 Å². The van der Waals surface area contributed by atoms with Crippen LogP contribution in [0, 0.1) is 0 Å². The number of carbonyl (C=O) groups is 1. The van der Waals surface area contributed by atoms with E-state index in [4.69, 9.17) is 9.47 Å². The molecule has 0 aliphatic carbocycles. The molecule has 1 aliphatic heterocycles. The van der Waals surface area contributed by atoms with Crippen molar-refractivity contribution in [2.45, 2.75) is 6.42 Å². The van der Waals surface area contributed by atoms with Crippen molar-refractivity contribution in [2.75, 3.05) is 53.6 Å². The zero-order valence-corrected chi connectivity index (χ0v) is 13.9. The van der Waals surface area contributed by atoms with Gasteiger partial charge in [-0.2, -0.15) is 5.10 Å². The fourth-order valence-electron chi connectivity index (χ4n) is 2.45. The number of nitrogens with zero attached hydrogens (tertiary/aromatic N) is 3. The van der Waals surface area contributed by atoms with Crippen LogP contribution in [0.25, 0.3) is 0 Å². The molecule has 0 aromatic heterocycles. The molecule has 0 saturated heterocycles. The third kappa shape index (κ3) is 5.42. The summed E-state index contributed by atoms with van der Waals surface area (Å²) in [6, 6.07) is 10.00. The van der Waals surface area contributed by atoms with Gasteiger partial charge in [0, 0.05) is 33.7 Å². The second-order valence-corrected chi connectivity index (χ2v) is 5.44. The van der Waals surface area contributed by atoms with Crippen LogP contribution < -0.4 is 0 Å². The summed E-state index contributed by atoms with van der Waals surface area (Å²) in [7, 11) is 3.32. The molecule has 0 radical (unpaired) electrons. The van der Waals surface area contributed by atoms with Gasteiger partial charge in [0.25, 0.3) is 5.91 Å². The van der Waals surface area contributed by atoms with E-state index in [0.717, 1.165) is 17.7 Å². The van der Waals surface area contributed by atoms with Gasteiger partial charge >= 0.3 is 0 Å². The van der Waals surface area contributed by atoms with Gasteiger partial charge in [-0.05, 0) is 5.56 Å². The molecule has 0 bridgehead atoms. The number of amides is 1. The van der Waals surface area contributed by atoms with Crippen LogP contribution in [0.1, 0.15) is 12.0 Å². The Bertz CT molecular complexity index is 511. The van der Waals surface area contributed by atoms with Gasteiger partial charge in [-0.3, -0.25) is 9.69 Å². The summed E-state index contributed by atoms with van der Waals surface area (Å²) >= 11 is 0. The molecule has 1 aromatic rings. The first-order valence-corrected chi connectivity index (χ1v) is 7.88. The number of hydrazone groups is 1. The molecule has 0 spiro atoms. The average molecular weight is 319 g/mol. The van der Waals surface area contributed by atoms with Crippen LogP contribution >= 0.6 is 0 Å². The minimum absolute atomic E-state index is 0.0168. The normalized spacial score (nSPS) is 14.4. The number of hydrogen-bond donors (Lipinski definition) is 0. The summed E-state index contributed by atoms with van der Waals surface area (Å²) in [6.45, 7) is 3.57. The van der Waals surface area contributed by atoms with Crippen molar-refractivity contribution < 1.29 is 14.3 Å². The zero-order valence-electron chi connectivity index (χ0n) is 13.9. The van der Waals surface area contributed by atoms with Gasteiger partial charge in [0.05, 0.1) is 32.0 Å². The predicted molar refractivity (Wildman–Crippen MR) is 89.5 cm³/mol. The maximum absolute atomic E-state index is 12.5. The molecule has 1 aromatic carbocycles. The van der Waals surface area contributed by atoms with E-state index in [1.54, 1.807) is 19.2 Å². The third-order valence-corrected chi connectivity index (χ3v) is 3.78. The van der Waals surface area contributed by atoms with Crippen molar-refractivity contribution in [1.29, 1.82) is 0 Å². The van der Waals surface area contributed by atoms with Gasteiger partial charge in [0.15, 0.2) is 0 Å². The van der Waals surface area contributed by atoms with Crippen molar-refractivity contribution in [3.63, 3.8) is 0 Å². The molecule has 0 fully saturated rings. The van der Waals surface area contributed by atoms with Crippen molar-refractivity contribution in [2.24, 2.45) is 5.10 Å². The number of methoxy groups -OCH3 is 2. The molecule has 6 nitrogen and oxygen atoms in total. The van der Waals surface area contributed by atoms with E-state index in [1.807, 2.05) is 35.2 Å². The monoisotopic (exact) mass is 319 g/mol. The Labute approximate surface area is 137 Å². The molecule has 0 saturated carbocycles. The molecule has 126 valence electrons. The Morgan fingerprint density at radius 1 is 1.17 bits per heavy atom. The van der Waals surface area contributed by atoms with E-state index in [1.165, 1.54) is 0 Å². The molecule has 0 atom stereocenters. The molecular formula is C17H25N3O3. The lowest BCUT2D eigenvalue weighted by atomic mass is 10.1. The van der Waals surface area contributed by atoms with Gasteiger partial charge in [0.1, 0.15) is 0 Å². The predicted octanol–water partition coefficient (Wildman–Crippen LogP) is 1.22. The zero-order chi connectivity index (χ0) is 16.5. The number of hydrogen-bond acceptors (Lipinski definition) is 5. The van der Waals surface area contributed by atoms with Crippen molar-refractivity contribution in [3.8, 4) is 0 Å². The van der Waals surface area contributed by atoms with E-state index in [9.17, 15) is 4.79 Å². The van der Waals surface area contributed by atoms with Crippen LogP contribution in [0.3, 0.4) is 0 Å². The highest BCUT2D eigenvalue weighted by Crippen LogP contribution is 2.14. The molecule has 23 heavy (non-hydrogen) atoms. The minimum Gasteiger partial charge on any atom is -0.383 e. The number of rotatable bonds is 9. The highest BCUT2D eigenvalue weighted by atomic mass is 16.5. The Kier molecular flexibility index (Phi) is 7.19. The number of carbonyl (C=O) groups excluding carboxylic acids is 1. The van der Waals surface area contributed by atoms with E-state index in [2.05, 4.69) is 5.10 Å². The molecule has 0 N–H and O–H groups in total. The van der Waals surface area contributed by atoms with E-state index in [-0.39, 0.29) is 5.91 Å². The highest BCUT2D eigenvalue weighted by Gasteiger charge is 2.23. The van der Waals surface area contributed by atoms with Gasteiger partial charge in [-0.1, -0.05) is 30.3 Å². The molecule has 0 unspecified atom stereocenters. The van der Waals surface area contributed by atoms with Gasteiger partial charge < -0.3 is 9.47 Å². The maximum Gasteiger partial charge on any atom is 0.256 e. The first kappa shape index (κ1) is 17.6. The second kappa shape index (κ2) is 9.39. The molecule has 6 heteroatoms. The molecule has 1 heterocycles. The third-order valence-electron chi connectivity index (χ3n) is 3.78. The molecule has 2 rings (SSSR count). The smallest absolute Gasteiger partial charge is 0.256 e. The summed E-state index contributed by atoms with van der Waals surface area (Å²) in [6.07, 6.45) is 0.798. The Morgan fingerprint density at radius 3 is 2.43 bits per heavy atom. The van der Waals surface area contributed by atoms with Crippen LogP contribution in [-0.2, 0) is 14.3 Å². The van der Waals surface area contributed by atoms with E-state index < -0.39 is 0 Å². The van der Waals surface area contributed by atoms with Gasteiger partial charge in [0.2, 0.25) is 0 Å².